The Morgan fingerprint density at radius 3 is 3.19 bits per heavy atom. The van der Waals surface area contributed by atoms with Gasteiger partial charge in [-0.3, -0.25) is 4.79 Å². The molecule has 0 aliphatic carbocycles. The van der Waals surface area contributed by atoms with Crippen LogP contribution in [0, 0.1) is 0 Å². The number of Topliss-reactive ketones (excluding diaryl/α,β-unsaturated/α-hetero) is 1. The Hall–Kier alpha value is -1.27. The highest BCUT2D eigenvalue weighted by Crippen LogP contribution is 2.09. The first-order chi connectivity index (χ1) is 7.83. The predicted molar refractivity (Wildman–Crippen MR) is 55.2 cm³/mol. The third-order valence-corrected chi connectivity index (χ3v) is 2.41. The van der Waals surface area contributed by atoms with E-state index in [0.29, 0.717) is 32.1 Å². The summed E-state index contributed by atoms with van der Waals surface area (Å²) in [6, 6.07) is 0. The molecule has 0 N–H and O–H groups in total. The van der Waals surface area contributed by atoms with Crippen LogP contribution in [0.1, 0.15) is 23.8 Å². The molecule has 88 valence electrons. The number of carbonyl (C=O) groups excluding carboxylic acids is 1. The molecule has 1 atom stereocenters. The van der Waals surface area contributed by atoms with E-state index in [4.69, 9.17) is 9.47 Å². The second-order valence-electron chi connectivity index (χ2n) is 3.64. The van der Waals surface area contributed by atoms with Crippen molar-refractivity contribution in [3.63, 3.8) is 0 Å². The monoisotopic (exact) mass is 225 g/mol. The van der Waals surface area contributed by atoms with Crippen LogP contribution in [0.3, 0.4) is 0 Å². The number of ether oxygens (including phenoxy) is 2. The van der Waals surface area contributed by atoms with Crippen LogP contribution in [0.5, 0.6) is 0 Å². The van der Waals surface area contributed by atoms with Gasteiger partial charge in [0.05, 0.1) is 26.0 Å². The Bertz CT molecular complexity index is 358. The number of carbonyl (C=O) groups is 1. The average Bonchev–Trinajstić information content (AvgIpc) is 2.78. The first kappa shape index (κ1) is 11.2. The van der Waals surface area contributed by atoms with E-state index in [0.717, 1.165) is 6.42 Å². The van der Waals surface area contributed by atoms with E-state index in [1.54, 1.807) is 4.68 Å². The minimum atomic E-state index is -0.511. The molecule has 2 rings (SSSR count). The van der Waals surface area contributed by atoms with Crippen molar-refractivity contribution in [2.75, 3.05) is 19.8 Å². The molecule has 1 aliphatic heterocycles. The summed E-state index contributed by atoms with van der Waals surface area (Å²) in [6.45, 7) is 4.04. The number of nitrogens with zero attached hydrogens (tertiary/aromatic N) is 3. The van der Waals surface area contributed by atoms with Crippen LogP contribution in [0.4, 0.5) is 0 Å². The normalized spacial score (nSPS) is 20.9. The molecule has 0 aromatic carbocycles. The first-order valence-electron chi connectivity index (χ1n) is 5.45. The highest BCUT2D eigenvalue weighted by atomic mass is 16.6. The lowest BCUT2D eigenvalue weighted by atomic mass is 10.2. The van der Waals surface area contributed by atoms with Gasteiger partial charge in [-0.05, 0) is 6.42 Å². The fourth-order valence-corrected chi connectivity index (χ4v) is 1.63. The lowest BCUT2D eigenvalue weighted by molar-refractivity contribution is -0.0722. The molecule has 0 saturated carbocycles. The maximum atomic E-state index is 12.1. The Morgan fingerprint density at radius 1 is 1.62 bits per heavy atom. The van der Waals surface area contributed by atoms with Crippen molar-refractivity contribution < 1.29 is 14.3 Å². The van der Waals surface area contributed by atoms with Gasteiger partial charge < -0.3 is 9.47 Å². The molecule has 1 saturated heterocycles. The topological polar surface area (TPSA) is 66.2 Å². The average molecular weight is 225 g/mol. The predicted octanol–water partition coefficient (Wildman–Crippen LogP) is 0.286. The second-order valence-corrected chi connectivity index (χ2v) is 3.64. The highest BCUT2D eigenvalue weighted by Gasteiger charge is 2.26. The molecule has 1 aromatic rings. The van der Waals surface area contributed by atoms with E-state index < -0.39 is 6.10 Å². The van der Waals surface area contributed by atoms with Crippen LogP contribution in [0.25, 0.3) is 0 Å². The van der Waals surface area contributed by atoms with Crippen LogP contribution in [-0.2, 0) is 16.0 Å². The molecule has 1 unspecified atom stereocenters. The van der Waals surface area contributed by atoms with Gasteiger partial charge in [0.2, 0.25) is 5.78 Å². The molecule has 6 nitrogen and oxygen atoms in total. The van der Waals surface area contributed by atoms with Gasteiger partial charge in [-0.1, -0.05) is 12.1 Å². The molecule has 6 heteroatoms. The molecule has 2 heterocycles. The van der Waals surface area contributed by atoms with E-state index in [2.05, 4.69) is 10.3 Å². The Morgan fingerprint density at radius 2 is 2.50 bits per heavy atom. The number of hydrogen-bond acceptors (Lipinski definition) is 5. The first-order valence-corrected chi connectivity index (χ1v) is 5.45. The highest BCUT2D eigenvalue weighted by molar-refractivity contribution is 5.97. The van der Waals surface area contributed by atoms with E-state index >= 15 is 0 Å². The van der Waals surface area contributed by atoms with E-state index in [1.807, 2.05) is 6.92 Å². The summed E-state index contributed by atoms with van der Waals surface area (Å²) in [5.41, 5.74) is 0.498. The quantitative estimate of drug-likeness (QED) is 0.689. The zero-order valence-electron chi connectivity index (χ0n) is 9.26. The number of aryl methyl sites for hydroxylation is 1. The van der Waals surface area contributed by atoms with Crippen molar-refractivity contribution in [3.05, 3.63) is 11.9 Å². The molecular formula is C10H15N3O3. The van der Waals surface area contributed by atoms with Crippen LogP contribution in [-0.4, -0.2) is 46.7 Å². The van der Waals surface area contributed by atoms with Crippen molar-refractivity contribution in [3.8, 4) is 0 Å². The number of hydrogen-bond donors (Lipinski definition) is 0. The lowest BCUT2D eigenvalue weighted by Gasteiger charge is -2.21. The molecule has 0 spiro atoms. The summed E-state index contributed by atoms with van der Waals surface area (Å²) < 4.78 is 12.2. The summed E-state index contributed by atoms with van der Waals surface area (Å²) in [5.74, 6) is -0.0989. The van der Waals surface area contributed by atoms with Crippen LogP contribution in [0.15, 0.2) is 6.20 Å². The van der Waals surface area contributed by atoms with Gasteiger partial charge in [0, 0.05) is 6.54 Å². The van der Waals surface area contributed by atoms with Crippen molar-refractivity contribution in [2.45, 2.75) is 26.0 Å². The van der Waals surface area contributed by atoms with Crippen molar-refractivity contribution in [1.29, 1.82) is 0 Å². The molecule has 0 bridgehead atoms. The fourth-order valence-electron chi connectivity index (χ4n) is 1.63. The summed E-state index contributed by atoms with van der Waals surface area (Å²) in [5, 5.41) is 7.62. The van der Waals surface area contributed by atoms with Gasteiger partial charge in [-0.15, -0.1) is 5.10 Å². The lowest BCUT2D eigenvalue weighted by Crippen LogP contribution is -2.36. The standard InChI is InChI=1S/C10H15N3O3/c1-2-3-13-8(6-11-12-13)10(14)9-7-15-4-5-16-9/h6,9H,2-5,7H2,1H3. The number of aromatic nitrogens is 3. The number of rotatable bonds is 4. The van der Waals surface area contributed by atoms with Gasteiger partial charge in [0.1, 0.15) is 11.8 Å². The zero-order valence-corrected chi connectivity index (χ0v) is 9.26. The minimum Gasteiger partial charge on any atom is -0.376 e. The molecule has 1 fully saturated rings. The van der Waals surface area contributed by atoms with Crippen molar-refractivity contribution in [1.82, 2.24) is 15.0 Å². The Balaban J connectivity index is 2.09. The van der Waals surface area contributed by atoms with E-state index in [-0.39, 0.29) is 5.78 Å². The maximum absolute atomic E-state index is 12.1. The summed E-state index contributed by atoms with van der Waals surface area (Å²) in [6.07, 6.45) is 1.88. The SMILES string of the molecule is CCCn1nncc1C(=O)C1COCCO1. The van der Waals surface area contributed by atoms with Crippen LogP contribution >= 0.6 is 0 Å². The minimum absolute atomic E-state index is 0.0989. The van der Waals surface area contributed by atoms with Gasteiger partial charge in [0.25, 0.3) is 0 Å². The van der Waals surface area contributed by atoms with Gasteiger partial charge >= 0.3 is 0 Å². The molecule has 16 heavy (non-hydrogen) atoms. The summed E-state index contributed by atoms with van der Waals surface area (Å²) in [4.78, 5) is 12.1. The Kier molecular flexibility index (Phi) is 3.63. The van der Waals surface area contributed by atoms with Gasteiger partial charge in [0.15, 0.2) is 0 Å². The number of ketones is 1. The Labute approximate surface area is 93.5 Å². The van der Waals surface area contributed by atoms with Crippen LogP contribution in [0.2, 0.25) is 0 Å². The fraction of sp³-hybridized carbons (Fsp3) is 0.700. The largest absolute Gasteiger partial charge is 0.376 e. The third kappa shape index (κ3) is 2.28. The van der Waals surface area contributed by atoms with Crippen LogP contribution < -0.4 is 0 Å². The third-order valence-electron chi connectivity index (χ3n) is 2.41. The smallest absolute Gasteiger partial charge is 0.213 e. The molecule has 0 amide bonds. The maximum Gasteiger partial charge on any atom is 0.213 e. The molecule has 1 aromatic heterocycles. The summed E-state index contributed by atoms with van der Waals surface area (Å²) >= 11 is 0. The molecule has 0 radical (unpaired) electrons. The van der Waals surface area contributed by atoms with E-state index in [1.165, 1.54) is 6.20 Å². The second kappa shape index (κ2) is 5.18. The van der Waals surface area contributed by atoms with Crippen molar-refractivity contribution in [2.24, 2.45) is 0 Å². The van der Waals surface area contributed by atoms with E-state index in [9.17, 15) is 4.79 Å². The molecular weight excluding hydrogens is 210 g/mol. The molecule has 1 aliphatic rings. The van der Waals surface area contributed by atoms with Gasteiger partial charge in [-0.25, -0.2) is 4.68 Å². The van der Waals surface area contributed by atoms with Gasteiger partial charge in [-0.2, -0.15) is 0 Å². The summed E-state index contributed by atoms with van der Waals surface area (Å²) in [7, 11) is 0. The van der Waals surface area contributed by atoms with Crippen molar-refractivity contribution >= 4 is 5.78 Å². The zero-order chi connectivity index (χ0) is 11.4.